The largest absolute Gasteiger partial charge is 0.396 e. The van der Waals surface area contributed by atoms with Crippen LogP contribution in [0.1, 0.15) is 64.2 Å². The van der Waals surface area contributed by atoms with E-state index in [1.165, 1.54) is 32.1 Å². The summed E-state index contributed by atoms with van der Waals surface area (Å²) >= 11 is 0. The zero-order chi connectivity index (χ0) is 10.9. The molecule has 0 radical (unpaired) electrons. The first-order valence-corrected chi connectivity index (χ1v) is 6.62. The van der Waals surface area contributed by atoms with Gasteiger partial charge in [-0.2, -0.15) is 0 Å². The summed E-state index contributed by atoms with van der Waals surface area (Å²) in [5.41, 5.74) is 0. The van der Waals surface area contributed by atoms with Crippen LogP contribution in [0.15, 0.2) is 0 Å². The Hall–Kier alpha value is -0.0800. The van der Waals surface area contributed by atoms with Crippen LogP contribution in [0.2, 0.25) is 0 Å². The Labute approximate surface area is 93.7 Å². The average Bonchev–Trinajstić information content (AvgIpc) is 2.74. The monoisotopic (exact) mass is 214 g/mol. The van der Waals surface area contributed by atoms with E-state index in [-0.39, 0.29) is 12.7 Å². The van der Waals surface area contributed by atoms with Crippen molar-refractivity contribution in [3.05, 3.63) is 0 Å². The molecule has 0 heterocycles. The van der Waals surface area contributed by atoms with E-state index in [1.807, 2.05) is 0 Å². The molecule has 1 aliphatic carbocycles. The molecule has 0 aromatic carbocycles. The Morgan fingerprint density at radius 2 is 1.73 bits per heavy atom. The minimum absolute atomic E-state index is 0.0932. The Bertz CT molecular complexity index is 141. The average molecular weight is 214 g/mol. The standard InChI is InChI=1S/C13H26O2/c14-11-5-1-2-8-13(15)10-9-12-6-3-4-7-12/h12-15H,1-11H2. The first-order chi connectivity index (χ1) is 7.33. The maximum atomic E-state index is 9.75. The van der Waals surface area contributed by atoms with Crippen molar-refractivity contribution in [1.29, 1.82) is 0 Å². The maximum absolute atomic E-state index is 9.75. The Morgan fingerprint density at radius 3 is 2.40 bits per heavy atom. The molecule has 0 spiro atoms. The number of hydrogen-bond donors (Lipinski definition) is 2. The highest BCUT2D eigenvalue weighted by Crippen LogP contribution is 2.29. The second-order valence-corrected chi connectivity index (χ2v) is 4.95. The first-order valence-electron chi connectivity index (χ1n) is 6.62. The van der Waals surface area contributed by atoms with Crippen molar-refractivity contribution in [1.82, 2.24) is 0 Å². The molecule has 0 saturated heterocycles. The fourth-order valence-corrected chi connectivity index (χ4v) is 2.54. The van der Waals surface area contributed by atoms with Crippen molar-refractivity contribution in [2.75, 3.05) is 6.61 Å². The van der Waals surface area contributed by atoms with Crippen molar-refractivity contribution in [3.63, 3.8) is 0 Å². The van der Waals surface area contributed by atoms with Crippen molar-refractivity contribution in [2.45, 2.75) is 70.3 Å². The van der Waals surface area contributed by atoms with Crippen LogP contribution in [0.5, 0.6) is 0 Å². The number of aliphatic hydroxyl groups excluding tert-OH is 2. The van der Waals surface area contributed by atoms with E-state index >= 15 is 0 Å². The van der Waals surface area contributed by atoms with Gasteiger partial charge in [0.1, 0.15) is 0 Å². The van der Waals surface area contributed by atoms with Crippen LogP contribution in [0.4, 0.5) is 0 Å². The number of unbranched alkanes of at least 4 members (excludes halogenated alkanes) is 2. The Morgan fingerprint density at radius 1 is 1.00 bits per heavy atom. The van der Waals surface area contributed by atoms with Gasteiger partial charge in [0.05, 0.1) is 6.10 Å². The molecule has 0 amide bonds. The van der Waals surface area contributed by atoms with Gasteiger partial charge < -0.3 is 10.2 Å². The molecule has 15 heavy (non-hydrogen) atoms. The summed E-state index contributed by atoms with van der Waals surface area (Å²) in [4.78, 5) is 0. The molecule has 2 N–H and O–H groups in total. The fraction of sp³-hybridized carbons (Fsp3) is 1.00. The molecule has 0 bridgehead atoms. The number of hydrogen-bond acceptors (Lipinski definition) is 2. The molecule has 0 aromatic rings. The van der Waals surface area contributed by atoms with Gasteiger partial charge in [0.25, 0.3) is 0 Å². The van der Waals surface area contributed by atoms with Crippen molar-refractivity contribution in [3.8, 4) is 0 Å². The molecule has 1 rings (SSSR count). The molecule has 1 atom stereocenters. The van der Waals surface area contributed by atoms with Gasteiger partial charge in [0.2, 0.25) is 0 Å². The summed E-state index contributed by atoms with van der Waals surface area (Å²) in [5.74, 6) is 0.900. The summed E-state index contributed by atoms with van der Waals surface area (Å²) in [6, 6.07) is 0. The van der Waals surface area contributed by atoms with Gasteiger partial charge in [-0.15, -0.1) is 0 Å². The van der Waals surface area contributed by atoms with E-state index in [1.54, 1.807) is 0 Å². The summed E-state index contributed by atoms with van der Waals surface area (Å²) in [6.45, 7) is 0.290. The van der Waals surface area contributed by atoms with Crippen molar-refractivity contribution in [2.24, 2.45) is 5.92 Å². The van der Waals surface area contributed by atoms with Crippen LogP contribution >= 0.6 is 0 Å². The Balaban J connectivity index is 1.90. The van der Waals surface area contributed by atoms with Crippen LogP contribution in [-0.2, 0) is 0 Å². The van der Waals surface area contributed by atoms with Crippen molar-refractivity contribution >= 4 is 0 Å². The van der Waals surface area contributed by atoms with E-state index in [9.17, 15) is 5.11 Å². The number of aliphatic hydroxyl groups is 2. The fourth-order valence-electron chi connectivity index (χ4n) is 2.54. The van der Waals surface area contributed by atoms with E-state index in [4.69, 9.17) is 5.11 Å². The second-order valence-electron chi connectivity index (χ2n) is 4.95. The third-order valence-corrected chi connectivity index (χ3v) is 3.58. The highest BCUT2D eigenvalue weighted by Gasteiger charge is 2.16. The van der Waals surface area contributed by atoms with Gasteiger partial charge in [0, 0.05) is 6.61 Å². The third-order valence-electron chi connectivity index (χ3n) is 3.58. The van der Waals surface area contributed by atoms with E-state index in [2.05, 4.69) is 0 Å². The summed E-state index contributed by atoms with van der Waals surface area (Å²) < 4.78 is 0. The molecule has 0 aliphatic heterocycles. The highest BCUT2D eigenvalue weighted by molar-refractivity contribution is 4.69. The lowest BCUT2D eigenvalue weighted by atomic mass is 9.97. The molecular weight excluding hydrogens is 188 g/mol. The zero-order valence-electron chi connectivity index (χ0n) is 9.83. The van der Waals surface area contributed by atoms with Crippen LogP contribution < -0.4 is 0 Å². The molecule has 1 aliphatic rings. The first kappa shape index (κ1) is 13.0. The maximum Gasteiger partial charge on any atom is 0.0540 e. The molecule has 1 saturated carbocycles. The van der Waals surface area contributed by atoms with Crippen molar-refractivity contribution < 1.29 is 10.2 Å². The molecule has 2 nitrogen and oxygen atoms in total. The van der Waals surface area contributed by atoms with Crippen LogP contribution in [0.25, 0.3) is 0 Å². The summed E-state index contributed by atoms with van der Waals surface area (Å²) in [6.07, 6.45) is 11.6. The van der Waals surface area contributed by atoms with Gasteiger partial charge in [-0.25, -0.2) is 0 Å². The Kier molecular flexibility index (Phi) is 7.03. The van der Waals surface area contributed by atoms with E-state index in [0.29, 0.717) is 0 Å². The summed E-state index contributed by atoms with van der Waals surface area (Å²) in [5, 5.41) is 18.4. The van der Waals surface area contributed by atoms with Crippen LogP contribution in [0.3, 0.4) is 0 Å². The number of rotatable bonds is 8. The van der Waals surface area contributed by atoms with Crippen LogP contribution in [0, 0.1) is 5.92 Å². The predicted octanol–water partition coefficient (Wildman–Crippen LogP) is 2.87. The molecule has 90 valence electrons. The quantitative estimate of drug-likeness (QED) is 0.610. The molecular formula is C13H26O2. The predicted molar refractivity (Wildman–Crippen MR) is 62.8 cm³/mol. The lowest BCUT2D eigenvalue weighted by Crippen LogP contribution is -2.08. The van der Waals surface area contributed by atoms with E-state index < -0.39 is 0 Å². The molecule has 1 unspecified atom stereocenters. The minimum Gasteiger partial charge on any atom is -0.396 e. The summed E-state index contributed by atoms with van der Waals surface area (Å²) in [7, 11) is 0. The SMILES string of the molecule is OCCCCCC(O)CCC1CCCC1. The molecule has 0 aromatic heterocycles. The van der Waals surface area contributed by atoms with Gasteiger partial charge >= 0.3 is 0 Å². The van der Waals surface area contributed by atoms with E-state index in [0.717, 1.165) is 38.0 Å². The van der Waals surface area contributed by atoms with Gasteiger partial charge in [-0.05, 0) is 31.6 Å². The van der Waals surface area contributed by atoms with Gasteiger partial charge in [-0.1, -0.05) is 38.5 Å². The van der Waals surface area contributed by atoms with Gasteiger partial charge in [-0.3, -0.25) is 0 Å². The highest BCUT2D eigenvalue weighted by atomic mass is 16.3. The van der Waals surface area contributed by atoms with Gasteiger partial charge in [0.15, 0.2) is 0 Å². The normalized spacial score (nSPS) is 19.6. The molecule has 1 fully saturated rings. The minimum atomic E-state index is -0.0932. The zero-order valence-corrected chi connectivity index (χ0v) is 9.83. The second kappa shape index (κ2) is 8.12. The smallest absolute Gasteiger partial charge is 0.0540 e. The third kappa shape index (κ3) is 6.16. The lowest BCUT2D eigenvalue weighted by Gasteiger charge is -2.13. The lowest BCUT2D eigenvalue weighted by molar-refractivity contribution is 0.140. The topological polar surface area (TPSA) is 40.5 Å². The molecule has 2 heteroatoms. The van der Waals surface area contributed by atoms with Crippen LogP contribution in [-0.4, -0.2) is 22.9 Å².